The van der Waals surface area contributed by atoms with Crippen LogP contribution in [0, 0.1) is 6.92 Å². The minimum absolute atomic E-state index is 0.154. The van der Waals surface area contributed by atoms with Crippen LogP contribution in [0.4, 0.5) is 0 Å². The van der Waals surface area contributed by atoms with Gasteiger partial charge in [0.1, 0.15) is 11.3 Å². The van der Waals surface area contributed by atoms with E-state index in [-0.39, 0.29) is 12.1 Å². The average molecular weight is 413 g/mol. The first-order valence-corrected chi connectivity index (χ1v) is 10.0. The molecule has 3 aromatic heterocycles. The molecule has 0 radical (unpaired) electrons. The van der Waals surface area contributed by atoms with Gasteiger partial charge in [-0.1, -0.05) is 18.5 Å². The van der Waals surface area contributed by atoms with Crippen LogP contribution in [-0.2, 0) is 13.0 Å². The number of aryl methyl sites for hydroxylation is 2. The first-order chi connectivity index (χ1) is 13.4. The van der Waals surface area contributed by atoms with E-state index >= 15 is 0 Å². The third kappa shape index (κ3) is 3.53. The van der Waals surface area contributed by atoms with E-state index in [4.69, 9.17) is 16.0 Å². The predicted molar refractivity (Wildman–Crippen MR) is 113 cm³/mol. The molecule has 0 aliphatic carbocycles. The Morgan fingerprint density at radius 3 is 2.64 bits per heavy atom. The lowest BCUT2D eigenvalue weighted by molar-refractivity contribution is 0.554. The maximum atomic E-state index is 12.4. The Kier molecular flexibility index (Phi) is 4.91. The zero-order valence-corrected chi connectivity index (χ0v) is 16.9. The zero-order chi connectivity index (χ0) is 19.8. The van der Waals surface area contributed by atoms with E-state index in [9.17, 15) is 9.59 Å². The summed E-state index contributed by atoms with van der Waals surface area (Å²) in [5.74, 6) is 0. The van der Waals surface area contributed by atoms with Crippen molar-refractivity contribution < 1.29 is 4.42 Å². The molecule has 0 saturated heterocycles. The van der Waals surface area contributed by atoms with Gasteiger partial charge in [0.2, 0.25) is 0 Å². The number of halogens is 1. The van der Waals surface area contributed by atoms with Gasteiger partial charge in [-0.05, 0) is 54.8 Å². The van der Waals surface area contributed by atoms with Crippen molar-refractivity contribution in [3.8, 4) is 10.6 Å². The van der Waals surface area contributed by atoms with Crippen molar-refractivity contribution in [3.05, 3.63) is 84.3 Å². The fourth-order valence-electron chi connectivity index (χ4n) is 3.12. The minimum Gasteiger partial charge on any atom is -0.423 e. The Morgan fingerprint density at radius 2 is 1.93 bits per heavy atom. The highest BCUT2D eigenvalue weighted by Crippen LogP contribution is 2.27. The fourth-order valence-corrected chi connectivity index (χ4v) is 4.25. The van der Waals surface area contributed by atoms with E-state index in [1.54, 1.807) is 29.5 Å². The van der Waals surface area contributed by atoms with Crippen LogP contribution in [0.15, 0.2) is 56.5 Å². The second kappa shape index (κ2) is 7.37. The summed E-state index contributed by atoms with van der Waals surface area (Å²) in [6, 6.07) is 12.2. The molecule has 0 N–H and O–H groups in total. The Morgan fingerprint density at radius 1 is 1.11 bits per heavy atom. The quantitative estimate of drug-likeness (QED) is 0.457. The molecular weight excluding hydrogens is 396 g/mol. The number of aromatic nitrogens is 2. The van der Waals surface area contributed by atoms with Crippen molar-refractivity contribution in [1.29, 1.82) is 0 Å². The molecule has 0 bridgehead atoms. The van der Waals surface area contributed by atoms with Gasteiger partial charge in [-0.3, -0.25) is 4.79 Å². The standard InChI is InChI=1S/C21H17ClN2O3S/c1-3-13-8-18-15(10-16(13)22)14(9-21(26)27-18)11-24-20(25)7-5-17(23-24)19-6-4-12(2)28-19/h4-10H,3,11H2,1-2H3. The number of rotatable bonds is 4. The van der Waals surface area contributed by atoms with Gasteiger partial charge in [0.05, 0.1) is 11.4 Å². The summed E-state index contributed by atoms with van der Waals surface area (Å²) in [5.41, 5.74) is 2.02. The van der Waals surface area contributed by atoms with Gasteiger partial charge in [0, 0.05) is 27.4 Å². The number of thiophene rings is 1. The molecule has 0 saturated carbocycles. The van der Waals surface area contributed by atoms with E-state index in [1.165, 1.54) is 21.7 Å². The summed E-state index contributed by atoms with van der Waals surface area (Å²) in [4.78, 5) is 26.6. The average Bonchev–Trinajstić information content (AvgIpc) is 3.10. The molecule has 0 unspecified atom stereocenters. The highest BCUT2D eigenvalue weighted by atomic mass is 35.5. The monoisotopic (exact) mass is 412 g/mol. The van der Waals surface area contributed by atoms with Gasteiger partial charge < -0.3 is 4.42 Å². The third-order valence-electron chi connectivity index (χ3n) is 4.56. The van der Waals surface area contributed by atoms with Crippen LogP contribution in [0.3, 0.4) is 0 Å². The summed E-state index contributed by atoms with van der Waals surface area (Å²) in [5, 5.41) is 5.80. The first-order valence-electron chi connectivity index (χ1n) is 8.84. The molecule has 4 aromatic rings. The lowest BCUT2D eigenvalue weighted by Gasteiger charge is -2.10. The van der Waals surface area contributed by atoms with Crippen molar-refractivity contribution >= 4 is 33.9 Å². The Balaban J connectivity index is 1.83. The Labute approximate surface area is 169 Å². The van der Waals surface area contributed by atoms with Crippen molar-refractivity contribution in [2.24, 2.45) is 0 Å². The van der Waals surface area contributed by atoms with Crippen molar-refractivity contribution in [3.63, 3.8) is 0 Å². The summed E-state index contributed by atoms with van der Waals surface area (Å²) < 4.78 is 6.70. The predicted octanol–water partition coefficient (Wildman–Crippen LogP) is 4.65. The molecule has 28 heavy (non-hydrogen) atoms. The second-order valence-corrected chi connectivity index (χ2v) is 8.20. The highest BCUT2D eigenvalue weighted by molar-refractivity contribution is 7.15. The zero-order valence-electron chi connectivity index (χ0n) is 15.4. The van der Waals surface area contributed by atoms with Crippen LogP contribution in [0.5, 0.6) is 0 Å². The Hall–Kier alpha value is -2.70. The fraction of sp³-hybridized carbons (Fsp3) is 0.190. The number of benzene rings is 1. The number of hydrogen-bond acceptors (Lipinski definition) is 5. The number of nitrogens with zero attached hydrogens (tertiary/aromatic N) is 2. The van der Waals surface area contributed by atoms with E-state index in [2.05, 4.69) is 5.10 Å². The van der Waals surface area contributed by atoms with Crippen molar-refractivity contribution in [1.82, 2.24) is 9.78 Å². The van der Waals surface area contributed by atoms with Crippen LogP contribution >= 0.6 is 22.9 Å². The van der Waals surface area contributed by atoms with Gasteiger partial charge in [-0.25, -0.2) is 9.48 Å². The summed E-state index contributed by atoms with van der Waals surface area (Å²) >= 11 is 7.97. The molecule has 7 heteroatoms. The lowest BCUT2D eigenvalue weighted by Crippen LogP contribution is -2.23. The first kappa shape index (κ1) is 18.7. The van der Waals surface area contributed by atoms with Gasteiger partial charge in [0.15, 0.2) is 0 Å². The van der Waals surface area contributed by atoms with Crippen LogP contribution in [-0.4, -0.2) is 9.78 Å². The van der Waals surface area contributed by atoms with Crippen molar-refractivity contribution in [2.45, 2.75) is 26.8 Å². The minimum atomic E-state index is -0.468. The molecular formula is C21H17ClN2O3S. The molecule has 0 atom stereocenters. The van der Waals surface area contributed by atoms with Crippen LogP contribution in [0.2, 0.25) is 5.02 Å². The molecule has 3 heterocycles. The van der Waals surface area contributed by atoms with E-state index in [0.717, 1.165) is 22.6 Å². The summed E-state index contributed by atoms with van der Waals surface area (Å²) in [6.45, 7) is 4.16. The normalized spacial score (nSPS) is 11.2. The molecule has 0 amide bonds. The van der Waals surface area contributed by atoms with Crippen LogP contribution in [0.1, 0.15) is 22.9 Å². The molecule has 0 aliphatic heterocycles. The SMILES string of the molecule is CCc1cc2oc(=O)cc(Cn3nc(-c4ccc(C)s4)ccc3=O)c2cc1Cl. The van der Waals surface area contributed by atoms with Crippen LogP contribution < -0.4 is 11.2 Å². The van der Waals surface area contributed by atoms with Crippen LogP contribution in [0.25, 0.3) is 21.5 Å². The van der Waals surface area contributed by atoms with Gasteiger partial charge >= 0.3 is 5.63 Å². The molecule has 142 valence electrons. The number of hydrogen-bond donors (Lipinski definition) is 0. The summed E-state index contributed by atoms with van der Waals surface area (Å²) in [7, 11) is 0. The molecule has 0 aliphatic rings. The van der Waals surface area contributed by atoms with Gasteiger partial charge in [0.25, 0.3) is 5.56 Å². The van der Waals surface area contributed by atoms with Crippen molar-refractivity contribution in [2.75, 3.05) is 0 Å². The van der Waals surface area contributed by atoms with E-state index in [0.29, 0.717) is 21.6 Å². The smallest absolute Gasteiger partial charge is 0.336 e. The molecule has 1 aromatic carbocycles. The lowest BCUT2D eigenvalue weighted by atomic mass is 10.1. The van der Waals surface area contributed by atoms with Gasteiger partial charge in [-0.15, -0.1) is 11.3 Å². The molecule has 5 nitrogen and oxygen atoms in total. The molecule has 0 fully saturated rings. The molecule has 4 rings (SSSR count). The van der Waals surface area contributed by atoms with E-state index in [1.807, 2.05) is 26.0 Å². The topological polar surface area (TPSA) is 65.1 Å². The summed E-state index contributed by atoms with van der Waals surface area (Å²) in [6.07, 6.45) is 0.728. The van der Waals surface area contributed by atoms with E-state index < -0.39 is 5.63 Å². The maximum Gasteiger partial charge on any atom is 0.336 e. The Bertz CT molecular complexity index is 1300. The van der Waals surface area contributed by atoms with Gasteiger partial charge in [-0.2, -0.15) is 5.10 Å². The third-order valence-corrected chi connectivity index (χ3v) is 5.93. The molecule has 0 spiro atoms. The largest absolute Gasteiger partial charge is 0.423 e. The maximum absolute atomic E-state index is 12.4. The number of fused-ring (bicyclic) bond motifs is 1. The highest BCUT2D eigenvalue weighted by Gasteiger charge is 2.12. The second-order valence-electron chi connectivity index (χ2n) is 6.51.